The number of hydrogen-bond donors (Lipinski definition) is 0. The average Bonchev–Trinajstić information content (AvgIpc) is 1.66. The molecule has 2 aliphatic carbocycles. The summed E-state index contributed by atoms with van der Waals surface area (Å²) in [4.78, 5) is 0. The van der Waals surface area contributed by atoms with Crippen molar-refractivity contribution in [3.8, 4) is 100 Å². The topological polar surface area (TPSA) is 13.1 Å². The van der Waals surface area contributed by atoms with E-state index in [0.717, 1.165) is 21.9 Å². The summed E-state index contributed by atoms with van der Waals surface area (Å²) < 4.78 is 6.12. The van der Waals surface area contributed by atoms with Crippen molar-refractivity contribution in [1.82, 2.24) is 0 Å². The zero-order valence-electron chi connectivity index (χ0n) is 60.0. The molecular weight excluding hydrogens is 1290 g/mol. The molecule has 0 bridgehead atoms. The molecule has 22 rings (SSSR count). The molecule has 0 spiro atoms. The lowest BCUT2D eigenvalue weighted by Gasteiger charge is -2.25. The van der Waals surface area contributed by atoms with Crippen molar-refractivity contribution < 1.29 is 4.42 Å². The van der Waals surface area contributed by atoms with Gasteiger partial charge in [-0.15, -0.1) is 0 Å². The van der Waals surface area contributed by atoms with E-state index in [1.807, 2.05) is 12.1 Å². The summed E-state index contributed by atoms with van der Waals surface area (Å²) in [7, 11) is 0. The third-order valence-electron chi connectivity index (χ3n) is 23.8. The lowest BCUT2D eigenvalue weighted by atomic mass is 9.78. The van der Waals surface area contributed by atoms with Crippen molar-refractivity contribution >= 4 is 97.3 Å². The van der Waals surface area contributed by atoms with Gasteiger partial charge in [0.05, 0.1) is 0 Å². The first-order valence-corrected chi connectivity index (χ1v) is 37.5. The molecule has 107 heavy (non-hydrogen) atoms. The molecule has 2 aliphatic rings. The Balaban J connectivity index is 0.000000139. The van der Waals surface area contributed by atoms with Crippen LogP contribution in [0.25, 0.3) is 197 Å². The first kappa shape index (κ1) is 62.4. The maximum Gasteiger partial charge on any atom is 0.135 e. The Hall–Kier alpha value is -13.2. The molecule has 0 fully saturated rings. The van der Waals surface area contributed by atoms with Crippen LogP contribution in [-0.4, -0.2) is 0 Å². The molecule has 19 aromatic carbocycles. The average molecular weight is 1360 g/mol. The molecule has 502 valence electrons. The Morgan fingerprint density at radius 1 is 0.178 bits per heavy atom. The summed E-state index contributed by atoms with van der Waals surface area (Å²) in [6.45, 7) is 9.58. The Morgan fingerprint density at radius 3 is 0.991 bits per heavy atom. The Morgan fingerprint density at radius 2 is 0.505 bits per heavy atom. The van der Waals surface area contributed by atoms with Crippen molar-refractivity contribution in [2.75, 3.05) is 0 Å². The summed E-state index contributed by atoms with van der Waals surface area (Å²) in [5.41, 5.74) is 30.2. The lowest BCUT2D eigenvalue weighted by molar-refractivity contribution is 0.663. The third kappa shape index (κ3) is 9.77. The van der Waals surface area contributed by atoms with E-state index < -0.39 is 0 Å². The van der Waals surface area contributed by atoms with Gasteiger partial charge in [0.2, 0.25) is 0 Å². The maximum absolute atomic E-state index is 6.12. The monoisotopic (exact) mass is 1360 g/mol. The van der Waals surface area contributed by atoms with Crippen LogP contribution in [0.5, 0.6) is 0 Å². The fourth-order valence-electron chi connectivity index (χ4n) is 19.0. The highest BCUT2D eigenvalue weighted by Crippen LogP contribution is 2.57. The number of benzene rings is 19. The van der Waals surface area contributed by atoms with Crippen LogP contribution in [0.4, 0.5) is 0 Å². The van der Waals surface area contributed by atoms with Gasteiger partial charge in [-0.1, -0.05) is 337 Å². The second-order valence-corrected chi connectivity index (χ2v) is 30.5. The van der Waals surface area contributed by atoms with Crippen molar-refractivity contribution in [3.05, 3.63) is 386 Å². The van der Waals surface area contributed by atoms with Crippen LogP contribution in [0.1, 0.15) is 49.9 Å². The Labute approximate surface area is 622 Å². The molecule has 0 amide bonds. The van der Waals surface area contributed by atoms with Crippen LogP contribution < -0.4 is 0 Å². The molecule has 0 N–H and O–H groups in total. The van der Waals surface area contributed by atoms with E-state index in [4.69, 9.17) is 4.42 Å². The molecule has 0 unspecified atom stereocenters. The second-order valence-electron chi connectivity index (χ2n) is 30.5. The number of fused-ring (bicyclic) bond motifs is 16. The SMILES string of the molecule is CC1(C)c2cc3ccccc3cc2-c2cccc(-c3cccc(-c4c5ccccc5c(-c5ccc(-c6ccc7oc8ccccc8c7c6)cc5)c5ccccc45)c3)c21.CC1(C)c2cc3ccccc3cc2-c2cccc(-c3cccc(-c4c5ccccc5c(-c5cccc6ccccc56)c5ccccc45)c3)c21. The number of hydrogen-bond acceptors (Lipinski definition) is 1. The van der Waals surface area contributed by atoms with Gasteiger partial charge in [-0.05, 0) is 252 Å². The molecular formula is C106H72O. The fourth-order valence-corrected chi connectivity index (χ4v) is 19.0. The molecule has 0 saturated heterocycles. The van der Waals surface area contributed by atoms with Gasteiger partial charge in [-0.25, -0.2) is 0 Å². The van der Waals surface area contributed by atoms with E-state index in [1.54, 1.807) is 0 Å². The summed E-state index contributed by atoms with van der Waals surface area (Å²) >= 11 is 0. The van der Waals surface area contributed by atoms with Crippen molar-refractivity contribution in [3.63, 3.8) is 0 Å². The van der Waals surface area contributed by atoms with E-state index in [0.29, 0.717) is 0 Å². The second kappa shape index (κ2) is 24.2. The van der Waals surface area contributed by atoms with Crippen molar-refractivity contribution in [2.24, 2.45) is 0 Å². The van der Waals surface area contributed by atoms with E-state index in [2.05, 4.69) is 380 Å². The van der Waals surface area contributed by atoms with E-state index in [-0.39, 0.29) is 10.8 Å². The first-order chi connectivity index (χ1) is 52.6. The van der Waals surface area contributed by atoms with Crippen LogP contribution in [0.15, 0.2) is 368 Å². The highest BCUT2D eigenvalue weighted by atomic mass is 16.3. The minimum atomic E-state index is -0.141. The third-order valence-corrected chi connectivity index (χ3v) is 23.8. The van der Waals surface area contributed by atoms with Gasteiger partial charge < -0.3 is 4.42 Å². The van der Waals surface area contributed by atoms with E-state index in [1.165, 1.54) is 198 Å². The van der Waals surface area contributed by atoms with Crippen LogP contribution >= 0.6 is 0 Å². The largest absolute Gasteiger partial charge is 0.456 e. The summed E-state index contributed by atoms with van der Waals surface area (Å²) in [6.07, 6.45) is 0. The molecule has 0 aliphatic heterocycles. The quantitative estimate of drug-likeness (QED) is 0.145. The molecule has 1 nitrogen and oxygen atoms in total. The summed E-state index contributed by atoms with van der Waals surface area (Å²) in [6, 6.07) is 135. The van der Waals surface area contributed by atoms with Crippen LogP contribution in [0.3, 0.4) is 0 Å². The van der Waals surface area contributed by atoms with Gasteiger partial charge in [-0.2, -0.15) is 0 Å². The zero-order valence-corrected chi connectivity index (χ0v) is 60.0. The molecule has 0 atom stereocenters. The van der Waals surface area contributed by atoms with Gasteiger partial charge in [0.1, 0.15) is 11.2 Å². The highest BCUT2D eigenvalue weighted by molar-refractivity contribution is 6.25. The van der Waals surface area contributed by atoms with Gasteiger partial charge in [0, 0.05) is 21.6 Å². The minimum Gasteiger partial charge on any atom is -0.456 e. The lowest BCUT2D eigenvalue weighted by Crippen LogP contribution is -2.16. The number of para-hydroxylation sites is 1. The Bertz CT molecular complexity index is 7000. The maximum atomic E-state index is 6.12. The summed E-state index contributed by atoms with van der Waals surface area (Å²) in [5.74, 6) is 0. The molecule has 1 heteroatoms. The van der Waals surface area contributed by atoms with Crippen LogP contribution in [0, 0.1) is 0 Å². The molecule has 0 radical (unpaired) electrons. The first-order valence-electron chi connectivity index (χ1n) is 37.5. The predicted molar refractivity (Wildman–Crippen MR) is 456 cm³/mol. The molecule has 20 aromatic rings. The standard InChI is InChI=1S/C57H38O.C49H34/c1-57(2)51-34-38-14-4-3-13-37(38)32-49(51)48-23-12-22-42(56(48)57)40-15-11-16-41(31-40)55-46-20-7-5-18-44(46)54(45-19-6-8-21-47(45)55)36-27-25-35(26-28-36)39-29-30-53-50(33-39)43-17-9-10-24-52(43)58-53;1-49(2)45-30-33-16-4-3-15-32(33)29-44(45)43-27-13-25-37(48(43)49)34-18-11-19-35(28-34)46-39-21-7-9-23-41(39)47(42-24-10-8-22-40(42)46)38-26-12-17-31-14-5-6-20-36(31)38/h3-34H,1-2H3;3-30H,1-2H3. The fraction of sp³-hybridized carbons (Fsp3) is 0.0566. The molecule has 1 heterocycles. The molecule has 0 saturated carbocycles. The predicted octanol–water partition coefficient (Wildman–Crippen LogP) is 29.6. The Kier molecular flexibility index (Phi) is 14.1. The van der Waals surface area contributed by atoms with Crippen molar-refractivity contribution in [2.45, 2.75) is 38.5 Å². The summed E-state index contributed by atoms with van der Waals surface area (Å²) in [5, 5.41) is 20.2. The zero-order chi connectivity index (χ0) is 71.2. The smallest absolute Gasteiger partial charge is 0.135 e. The minimum absolute atomic E-state index is 0.124. The van der Waals surface area contributed by atoms with E-state index >= 15 is 0 Å². The van der Waals surface area contributed by atoms with Crippen LogP contribution in [0.2, 0.25) is 0 Å². The van der Waals surface area contributed by atoms with Crippen molar-refractivity contribution in [1.29, 1.82) is 0 Å². The molecule has 1 aromatic heterocycles. The van der Waals surface area contributed by atoms with Gasteiger partial charge in [0.25, 0.3) is 0 Å². The normalized spacial score (nSPS) is 13.2. The van der Waals surface area contributed by atoms with Gasteiger partial charge in [0.15, 0.2) is 0 Å². The van der Waals surface area contributed by atoms with E-state index in [9.17, 15) is 0 Å². The van der Waals surface area contributed by atoms with Gasteiger partial charge in [-0.3, -0.25) is 0 Å². The number of rotatable bonds is 7. The number of furan rings is 1. The highest BCUT2D eigenvalue weighted by Gasteiger charge is 2.40. The van der Waals surface area contributed by atoms with Gasteiger partial charge >= 0.3 is 0 Å². The van der Waals surface area contributed by atoms with Crippen LogP contribution in [-0.2, 0) is 10.8 Å².